The summed E-state index contributed by atoms with van der Waals surface area (Å²) >= 11 is 0. The summed E-state index contributed by atoms with van der Waals surface area (Å²) in [7, 11) is 0. The number of allylic oxidation sites excluding steroid dienone is 3. The van der Waals surface area contributed by atoms with Gasteiger partial charge in [0.05, 0.1) is 13.2 Å². The van der Waals surface area contributed by atoms with Crippen LogP contribution < -0.4 is 0 Å². The largest absolute Gasteiger partial charge is 0.373 e. The van der Waals surface area contributed by atoms with E-state index in [4.69, 9.17) is 4.74 Å². The van der Waals surface area contributed by atoms with Crippen LogP contribution >= 0.6 is 0 Å². The van der Waals surface area contributed by atoms with Crippen LogP contribution in [0.4, 0.5) is 0 Å². The van der Waals surface area contributed by atoms with Gasteiger partial charge in [0, 0.05) is 0 Å². The average Bonchev–Trinajstić information content (AvgIpc) is 2.82. The fourth-order valence-electron chi connectivity index (χ4n) is 4.68. The van der Waals surface area contributed by atoms with Crippen LogP contribution in [0.15, 0.2) is 72.8 Å². The molecule has 1 heteroatoms. The van der Waals surface area contributed by atoms with Gasteiger partial charge in [-0.05, 0) is 99.3 Å². The Morgan fingerprint density at radius 3 is 1.90 bits per heavy atom. The molecule has 1 aliphatic carbocycles. The van der Waals surface area contributed by atoms with Gasteiger partial charge in [-0.25, -0.2) is 0 Å². The highest BCUT2D eigenvalue weighted by Gasteiger charge is 2.20. The van der Waals surface area contributed by atoms with Gasteiger partial charge in [0.15, 0.2) is 0 Å². The standard InChI is InChI=1S/C30H40O/c1-3-5-23-31-24-28-13-11-26(12-14-28)9-6-7-10-27-17-21-30(22-18-27)29-19-15-25(8-4-2)16-20-29/h3-5,8,11-14,17-18,21-22,25,29H,6-7,9-10,15-16,19-20,23-24H2,1-2H3/b5-3+,8-4-/t25-,29-. The SMILES string of the molecule is C/C=C\[C@H]1CC[C@H](c2ccc(CCCCc3ccc(COC/C=C/C)cc3)cc2)CC1. The summed E-state index contributed by atoms with van der Waals surface area (Å²) < 4.78 is 5.62. The average molecular weight is 417 g/mol. The maximum absolute atomic E-state index is 5.62. The van der Waals surface area contributed by atoms with Crippen molar-refractivity contribution >= 4 is 0 Å². The lowest BCUT2D eigenvalue weighted by Gasteiger charge is -2.27. The highest BCUT2D eigenvalue weighted by molar-refractivity contribution is 5.26. The predicted molar refractivity (Wildman–Crippen MR) is 134 cm³/mol. The van der Waals surface area contributed by atoms with E-state index >= 15 is 0 Å². The summed E-state index contributed by atoms with van der Waals surface area (Å²) in [6.07, 6.45) is 18.9. The second-order valence-electron chi connectivity index (χ2n) is 8.99. The fraction of sp³-hybridized carbons (Fsp3) is 0.467. The first-order chi connectivity index (χ1) is 15.3. The Labute approximate surface area is 190 Å². The normalized spacial score (nSPS) is 19.4. The second kappa shape index (κ2) is 13.3. The number of aryl methyl sites for hydroxylation is 2. The molecule has 2 aromatic rings. The molecule has 31 heavy (non-hydrogen) atoms. The number of rotatable bonds is 11. The Kier molecular flexibility index (Phi) is 10.1. The lowest BCUT2D eigenvalue weighted by atomic mass is 9.78. The van der Waals surface area contributed by atoms with Crippen molar-refractivity contribution in [2.24, 2.45) is 5.92 Å². The van der Waals surface area contributed by atoms with Crippen LogP contribution in [0, 0.1) is 5.92 Å². The van der Waals surface area contributed by atoms with Crippen LogP contribution in [0.2, 0.25) is 0 Å². The summed E-state index contributed by atoms with van der Waals surface area (Å²) in [5, 5.41) is 0. The zero-order valence-corrected chi connectivity index (χ0v) is 19.6. The van der Waals surface area contributed by atoms with Crippen molar-refractivity contribution in [3.8, 4) is 0 Å². The molecule has 0 aliphatic heterocycles. The molecule has 3 rings (SSSR count). The van der Waals surface area contributed by atoms with Gasteiger partial charge in [-0.3, -0.25) is 0 Å². The molecule has 0 spiro atoms. The summed E-state index contributed by atoms with van der Waals surface area (Å²) in [4.78, 5) is 0. The molecule has 0 heterocycles. The molecule has 0 N–H and O–H groups in total. The minimum atomic E-state index is 0.691. The van der Waals surface area contributed by atoms with E-state index in [0.29, 0.717) is 13.2 Å². The summed E-state index contributed by atoms with van der Waals surface area (Å²) in [6.45, 7) is 5.55. The third kappa shape index (κ3) is 8.15. The van der Waals surface area contributed by atoms with E-state index < -0.39 is 0 Å². The van der Waals surface area contributed by atoms with Gasteiger partial charge in [0.25, 0.3) is 0 Å². The zero-order valence-electron chi connectivity index (χ0n) is 19.6. The van der Waals surface area contributed by atoms with Crippen molar-refractivity contribution in [3.05, 3.63) is 95.1 Å². The smallest absolute Gasteiger partial charge is 0.0721 e. The van der Waals surface area contributed by atoms with Crippen LogP contribution in [0.5, 0.6) is 0 Å². The minimum absolute atomic E-state index is 0.691. The Morgan fingerprint density at radius 1 is 0.742 bits per heavy atom. The monoisotopic (exact) mass is 416 g/mol. The van der Waals surface area contributed by atoms with E-state index in [1.54, 1.807) is 5.56 Å². The summed E-state index contributed by atoms with van der Waals surface area (Å²) in [6, 6.07) is 18.5. The van der Waals surface area contributed by atoms with E-state index in [9.17, 15) is 0 Å². The lowest BCUT2D eigenvalue weighted by Crippen LogP contribution is -2.11. The Balaban J connectivity index is 1.34. The maximum Gasteiger partial charge on any atom is 0.0721 e. The van der Waals surface area contributed by atoms with Crippen molar-refractivity contribution < 1.29 is 4.74 Å². The quantitative estimate of drug-likeness (QED) is 0.265. The molecule has 1 nitrogen and oxygen atoms in total. The molecule has 2 aromatic carbocycles. The first kappa shape index (κ1) is 23.5. The van der Waals surface area contributed by atoms with Crippen molar-refractivity contribution in [2.75, 3.05) is 6.61 Å². The number of hydrogen-bond donors (Lipinski definition) is 0. The van der Waals surface area contributed by atoms with E-state index in [2.05, 4.69) is 67.6 Å². The maximum atomic E-state index is 5.62. The Hall–Kier alpha value is -2.12. The number of benzene rings is 2. The first-order valence-corrected chi connectivity index (χ1v) is 12.3. The van der Waals surface area contributed by atoms with Crippen molar-refractivity contribution in [1.29, 1.82) is 0 Å². The minimum Gasteiger partial charge on any atom is -0.373 e. The van der Waals surface area contributed by atoms with E-state index in [0.717, 1.165) is 18.3 Å². The molecule has 0 radical (unpaired) electrons. The van der Waals surface area contributed by atoms with Gasteiger partial charge in [0.1, 0.15) is 0 Å². The van der Waals surface area contributed by atoms with Gasteiger partial charge in [-0.1, -0.05) is 72.8 Å². The molecule has 0 unspecified atom stereocenters. The molecule has 1 fully saturated rings. The Bertz CT molecular complexity index is 789. The molecule has 1 saturated carbocycles. The van der Waals surface area contributed by atoms with E-state index in [-0.39, 0.29) is 0 Å². The molecule has 0 amide bonds. The van der Waals surface area contributed by atoms with Crippen LogP contribution in [0.3, 0.4) is 0 Å². The van der Waals surface area contributed by atoms with E-state index in [1.807, 2.05) is 19.1 Å². The van der Waals surface area contributed by atoms with Gasteiger partial charge in [-0.15, -0.1) is 0 Å². The zero-order chi connectivity index (χ0) is 21.7. The molecule has 0 aromatic heterocycles. The number of unbranched alkanes of at least 4 members (excludes halogenated alkanes) is 1. The molecular weight excluding hydrogens is 376 g/mol. The van der Waals surface area contributed by atoms with Gasteiger partial charge < -0.3 is 4.74 Å². The van der Waals surface area contributed by atoms with Gasteiger partial charge in [0.2, 0.25) is 0 Å². The predicted octanol–water partition coefficient (Wildman–Crippen LogP) is 8.19. The third-order valence-corrected chi connectivity index (χ3v) is 6.61. The van der Waals surface area contributed by atoms with Crippen LogP contribution in [-0.4, -0.2) is 6.61 Å². The third-order valence-electron chi connectivity index (χ3n) is 6.61. The molecular formula is C30H40O. The van der Waals surface area contributed by atoms with Crippen molar-refractivity contribution in [2.45, 2.75) is 77.7 Å². The number of ether oxygens (including phenoxy) is 1. The van der Waals surface area contributed by atoms with Crippen molar-refractivity contribution in [1.82, 2.24) is 0 Å². The highest BCUT2D eigenvalue weighted by Crippen LogP contribution is 2.36. The van der Waals surface area contributed by atoms with E-state index in [1.165, 1.54) is 61.6 Å². The Morgan fingerprint density at radius 2 is 1.32 bits per heavy atom. The topological polar surface area (TPSA) is 9.23 Å². The second-order valence-corrected chi connectivity index (χ2v) is 8.99. The molecule has 0 saturated heterocycles. The molecule has 0 bridgehead atoms. The molecule has 1 aliphatic rings. The fourth-order valence-corrected chi connectivity index (χ4v) is 4.68. The first-order valence-electron chi connectivity index (χ1n) is 12.3. The molecule has 166 valence electrons. The van der Waals surface area contributed by atoms with Crippen LogP contribution in [-0.2, 0) is 24.2 Å². The highest BCUT2D eigenvalue weighted by atomic mass is 16.5. The van der Waals surface area contributed by atoms with Crippen LogP contribution in [0.25, 0.3) is 0 Å². The van der Waals surface area contributed by atoms with Gasteiger partial charge >= 0.3 is 0 Å². The van der Waals surface area contributed by atoms with Gasteiger partial charge in [-0.2, -0.15) is 0 Å². The van der Waals surface area contributed by atoms with Crippen molar-refractivity contribution in [3.63, 3.8) is 0 Å². The lowest BCUT2D eigenvalue weighted by molar-refractivity contribution is 0.148. The molecule has 0 atom stereocenters. The van der Waals surface area contributed by atoms with Crippen LogP contribution in [0.1, 0.15) is 80.5 Å². The number of hydrogen-bond acceptors (Lipinski definition) is 1. The summed E-state index contributed by atoms with van der Waals surface area (Å²) in [5.74, 6) is 1.58. The summed E-state index contributed by atoms with van der Waals surface area (Å²) in [5.41, 5.74) is 5.72.